The molecule has 0 aromatic rings. The maximum atomic E-state index is 12.2. The number of carbonyl (C=O) groups is 1. The first kappa shape index (κ1) is 13.8. The van der Waals surface area contributed by atoms with E-state index in [1.807, 2.05) is 20.8 Å². The number of carbonyl (C=O) groups excluding carboxylic acids is 1. The van der Waals surface area contributed by atoms with Crippen LogP contribution in [0.3, 0.4) is 0 Å². The highest BCUT2D eigenvalue weighted by molar-refractivity contribution is 5.75. The normalized spacial score (nSPS) is 30.4. The molecule has 2 saturated heterocycles. The minimum atomic E-state index is -0.429. The van der Waals surface area contributed by atoms with Crippen LogP contribution in [-0.2, 0) is 14.3 Å². The maximum absolute atomic E-state index is 12.2. The molecule has 0 aromatic heterocycles. The fourth-order valence-electron chi connectivity index (χ4n) is 2.96. The van der Waals surface area contributed by atoms with Crippen LogP contribution in [-0.4, -0.2) is 37.4 Å². The van der Waals surface area contributed by atoms with Crippen LogP contribution in [0.25, 0.3) is 0 Å². The van der Waals surface area contributed by atoms with Crippen molar-refractivity contribution in [2.24, 2.45) is 11.8 Å². The van der Waals surface area contributed by atoms with Gasteiger partial charge in [-0.2, -0.15) is 0 Å². The number of hydrogen-bond donors (Lipinski definition) is 1. The highest BCUT2D eigenvalue weighted by Crippen LogP contribution is 2.34. The smallest absolute Gasteiger partial charge is 0.336 e. The minimum absolute atomic E-state index is 0.177. The average molecular weight is 255 g/mol. The largest absolute Gasteiger partial charge is 0.458 e. The van der Waals surface area contributed by atoms with Crippen molar-refractivity contribution >= 4 is 5.97 Å². The predicted octanol–water partition coefficient (Wildman–Crippen LogP) is 1.73. The molecule has 2 atom stereocenters. The highest BCUT2D eigenvalue weighted by atomic mass is 16.6. The molecule has 2 heterocycles. The van der Waals surface area contributed by atoms with Crippen LogP contribution in [0.2, 0.25) is 0 Å². The van der Waals surface area contributed by atoms with Crippen LogP contribution >= 0.6 is 0 Å². The van der Waals surface area contributed by atoms with Gasteiger partial charge in [-0.15, -0.1) is 0 Å². The van der Waals surface area contributed by atoms with Gasteiger partial charge >= 0.3 is 5.97 Å². The van der Waals surface area contributed by atoms with E-state index < -0.39 is 5.60 Å². The van der Waals surface area contributed by atoms with Gasteiger partial charge in [-0.25, -0.2) is 4.79 Å². The standard InChI is InChI=1S/C14H25NO3/c1-14(2,3)18-13(16)12-11(6-9-17-12)10-4-7-15-8-5-10/h10-12,15H,4-9H2,1-3H3. The topological polar surface area (TPSA) is 47.6 Å². The van der Waals surface area contributed by atoms with E-state index in [1.54, 1.807) is 0 Å². The van der Waals surface area contributed by atoms with Crippen molar-refractivity contribution in [3.05, 3.63) is 0 Å². The molecule has 4 heteroatoms. The van der Waals surface area contributed by atoms with Gasteiger partial charge in [-0.1, -0.05) is 0 Å². The van der Waals surface area contributed by atoms with Gasteiger partial charge in [0.05, 0.1) is 0 Å². The maximum Gasteiger partial charge on any atom is 0.336 e. The number of esters is 1. The van der Waals surface area contributed by atoms with Gasteiger partial charge in [0.1, 0.15) is 5.60 Å². The first-order chi connectivity index (χ1) is 8.47. The van der Waals surface area contributed by atoms with E-state index in [0.29, 0.717) is 18.4 Å². The summed E-state index contributed by atoms with van der Waals surface area (Å²) in [5, 5.41) is 3.36. The van der Waals surface area contributed by atoms with Crippen molar-refractivity contribution in [1.29, 1.82) is 0 Å². The Balaban J connectivity index is 1.96. The molecule has 2 rings (SSSR count). The third-order valence-corrected chi connectivity index (χ3v) is 3.77. The summed E-state index contributed by atoms with van der Waals surface area (Å²) >= 11 is 0. The zero-order chi connectivity index (χ0) is 13.2. The molecule has 0 bridgehead atoms. The second-order valence-electron chi connectivity index (χ2n) is 6.36. The number of hydrogen-bond acceptors (Lipinski definition) is 4. The number of rotatable bonds is 2. The van der Waals surface area contributed by atoms with E-state index in [0.717, 1.165) is 32.4 Å². The molecule has 2 fully saturated rings. The van der Waals surface area contributed by atoms with Gasteiger partial charge in [-0.3, -0.25) is 0 Å². The first-order valence-corrected chi connectivity index (χ1v) is 7.02. The lowest BCUT2D eigenvalue weighted by molar-refractivity contribution is -0.168. The molecule has 0 spiro atoms. The Morgan fingerprint density at radius 3 is 2.50 bits per heavy atom. The van der Waals surface area contributed by atoms with Gasteiger partial charge in [0.15, 0.2) is 6.10 Å². The van der Waals surface area contributed by atoms with E-state index in [4.69, 9.17) is 9.47 Å². The summed E-state index contributed by atoms with van der Waals surface area (Å²) in [5.41, 5.74) is -0.429. The van der Waals surface area contributed by atoms with Gasteiger partial charge < -0.3 is 14.8 Å². The van der Waals surface area contributed by atoms with Crippen LogP contribution in [0.1, 0.15) is 40.0 Å². The summed E-state index contributed by atoms with van der Waals surface area (Å²) in [6.07, 6.45) is 2.95. The minimum Gasteiger partial charge on any atom is -0.458 e. The summed E-state index contributed by atoms with van der Waals surface area (Å²) in [7, 11) is 0. The summed E-state index contributed by atoms with van der Waals surface area (Å²) in [4.78, 5) is 12.2. The van der Waals surface area contributed by atoms with Crippen LogP contribution in [0.15, 0.2) is 0 Å². The van der Waals surface area contributed by atoms with Crippen molar-refractivity contribution in [3.8, 4) is 0 Å². The number of ether oxygens (including phenoxy) is 2. The van der Waals surface area contributed by atoms with E-state index in [-0.39, 0.29) is 12.1 Å². The molecule has 0 amide bonds. The zero-order valence-corrected chi connectivity index (χ0v) is 11.7. The molecule has 18 heavy (non-hydrogen) atoms. The van der Waals surface area contributed by atoms with Crippen LogP contribution in [0.4, 0.5) is 0 Å². The second-order valence-corrected chi connectivity index (χ2v) is 6.36. The number of nitrogens with one attached hydrogen (secondary N) is 1. The molecule has 2 unspecified atom stereocenters. The molecule has 4 nitrogen and oxygen atoms in total. The third kappa shape index (κ3) is 3.45. The van der Waals surface area contributed by atoms with E-state index in [9.17, 15) is 4.79 Å². The fraction of sp³-hybridized carbons (Fsp3) is 0.929. The van der Waals surface area contributed by atoms with Gasteiger partial charge in [0.2, 0.25) is 0 Å². The summed E-state index contributed by atoms with van der Waals surface area (Å²) in [5.74, 6) is 0.775. The third-order valence-electron chi connectivity index (χ3n) is 3.77. The Hall–Kier alpha value is -0.610. The molecule has 0 aliphatic carbocycles. The summed E-state index contributed by atoms with van der Waals surface area (Å²) in [6.45, 7) is 8.51. The van der Waals surface area contributed by atoms with Crippen LogP contribution < -0.4 is 5.32 Å². The lowest BCUT2D eigenvalue weighted by atomic mass is 9.81. The quantitative estimate of drug-likeness (QED) is 0.763. The molecule has 1 N–H and O–H groups in total. The second kappa shape index (κ2) is 5.57. The van der Waals surface area contributed by atoms with E-state index in [1.165, 1.54) is 0 Å². The van der Waals surface area contributed by atoms with E-state index in [2.05, 4.69) is 5.32 Å². The van der Waals surface area contributed by atoms with Crippen molar-refractivity contribution in [3.63, 3.8) is 0 Å². The molecule has 0 aromatic carbocycles. The van der Waals surface area contributed by atoms with Crippen molar-refractivity contribution in [1.82, 2.24) is 5.32 Å². The van der Waals surface area contributed by atoms with Crippen LogP contribution in [0, 0.1) is 11.8 Å². The van der Waals surface area contributed by atoms with Crippen molar-refractivity contribution in [2.45, 2.75) is 51.7 Å². The molecular weight excluding hydrogens is 230 g/mol. The molecule has 2 aliphatic rings. The monoisotopic (exact) mass is 255 g/mol. The van der Waals surface area contributed by atoms with Gasteiger partial charge in [-0.05, 0) is 59.0 Å². The fourth-order valence-corrected chi connectivity index (χ4v) is 2.96. The molecule has 104 valence electrons. The lowest BCUT2D eigenvalue weighted by Gasteiger charge is -2.31. The van der Waals surface area contributed by atoms with Gasteiger partial charge in [0, 0.05) is 12.5 Å². The predicted molar refractivity (Wildman–Crippen MR) is 69.3 cm³/mol. The van der Waals surface area contributed by atoms with Crippen molar-refractivity contribution in [2.75, 3.05) is 19.7 Å². The van der Waals surface area contributed by atoms with E-state index >= 15 is 0 Å². The average Bonchev–Trinajstić information content (AvgIpc) is 2.76. The molecular formula is C14H25NO3. The van der Waals surface area contributed by atoms with Crippen molar-refractivity contribution < 1.29 is 14.3 Å². The summed E-state index contributed by atoms with van der Waals surface area (Å²) < 4.78 is 11.1. The Kier molecular flexibility index (Phi) is 4.28. The van der Waals surface area contributed by atoms with Gasteiger partial charge in [0.25, 0.3) is 0 Å². The Morgan fingerprint density at radius 2 is 1.89 bits per heavy atom. The molecule has 0 saturated carbocycles. The first-order valence-electron chi connectivity index (χ1n) is 7.02. The van der Waals surface area contributed by atoms with Crippen LogP contribution in [0.5, 0.6) is 0 Å². The Labute approximate surface area is 109 Å². The SMILES string of the molecule is CC(C)(C)OC(=O)C1OCCC1C1CCNCC1. The summed E-state index contributed by atoms with van der Waals surface area (Å²) in [6, 6.07) is 0. The lowest BCUT2D eigenvalue weighted by Crippen LogP contribution is -2.40. The Bertz CT molecular complexity index is 292. The molecule has 2 aliphatic heterocycles. The molecule has 0 radical (unpaired) electrons. The zero-order valence-electron chi connectivity index (χ0n) is 11.7. The number of piperidine rings is 1. The highest BCUT2D eigenvalue weighted by Gasteiger charge is 2.41. The Morgan fingerprint density at radius 1 is 1.22 bits per heavy atom.